The summed E-state index contributed by atoms with van der Waals surface area (Å²) in [6, 6.07) is 7.05. The van der Waals surface area contributed by atoms with Crippen LogP contribution in [0.3, 0.4) is 0 Å². The lowest BCUT2D eigenvalue weighted by atomic mass is 9.97. The number of nitrogens with one attached hydrogen (secondary N) is 1. The maximum absolute atomic E-state index is 12.9. The topological polar surface area (TPSA) is 86.7 Å². The molecule has 1 saturated heterocycles. The molecule has 2 heterocycles. The fourth-order valence-corrected chi connectivity index (χ4v) is 4.49. The zero-order valence-corrected chi connectivity index (χ0v) is 15.1. The van der Waals surface area contributed by atoms with E-state index in [1.54, 1.807) is 23.1 Å². The Morgan fingerprint density at radius 2 is 2.00 bits per heavy atom. The second-order valence-electron chi connectivity index (χ2n) is 7.01. The molecule has 136 valence electrons. The van der Waals surface area contributed by atoms with Crippen molar-refractivity contribution in [1.29, 1.82) is 0 Å². The minimum absolute atomic E-state index is 0.0505. The van der Waals surface area contributed by atoms with Crippen LogP contribution in [-0.2, 0) is 4.79 Å². The summed E-state index contributed by atoms with van der Waals surface area (Å²) in [5, 5.41) is 12.9. The summed E-state index contributed by atoms with van der Waals surface area (Å²) >= 11 is 1.31. The van der Waals surface area contributed by atoms with Gasteiger partial charge < -0.3 is 15.3 Å². The summed E-state index contributed by atoms with van der Waals surface area (Å²) in [5.41, 5.74) is 0.207. The van der Waals surface area contributed by atoms with E-state index in [1.807, 2.05) is 6.07 Å². The monoisotopic (exact) mass is 372 g/mol. The van der Waals surface area contributed by atoms with E-state index in [4.69, 9.17) is 0 Å². The number of carbonyl (C=O) groups excluding carboxylic acids is 2. The van der Waals surface area contributed by atoms with Crippen molar-refractivity contribution in [1.82, 2.24) is 10.2 Å². The van der Waals surface area contributed by atoms with Crippen LogP contribution in [0, 0.1) is 5.92 Å². The zero-order chi connectivity index (χ0) is 18.3. The molecule has 1 aromatic heterocycles. The van der Waals surface area contributed by atoms with Crippen molar-refractivity contribution in [2.75, 3.05) is 13.1 Å². The van der Waals surface area contributed by atoms with E-state index in [0.717, 1.165) is 30.4 Å². The number of likely N-dealkylation sites (tertiary alicyclic amines) is 1. The van der Waals surface area contributed by atoms with Crippen molar-refractivity contribution in [3.05, 3.63) is 34.7 Å². The number of hydrogen-bond acceptors (Lipinski definition) is 4. The van der Waals surface area contributed by atoms with Crippen molar-refractivity contribution in [2.24, 2.45) is 5.92 Å². The lowest BCUT2D eigenvalue weighted by Gasteiger charge is -2.31. The molecule has 0 spiro atoms. The smallest absolute Gasteiger partial charge is 0.336 e. The van der Waals surface area contributed by atoms with Crippen molar-refractivity contribution in [3.8, 4) is 0 Å². The highest BCUT2D eigenvalue weighted by atomic mass is 32.1. The predicted octanol–water partition coefficient (Wildman–Crippen LogP) is 2.73. The number of amides is 2. The highest BCUT2D eigenvalue weighted by Gasteiger charge is 2.32. The number of nitrogens with zero attached hydrogens (tertiary/aromatic N) is 1. The highest BCUT2D eigenvalue weighted by Crippen LogP contribution is 2.30. The molecule has 2 aromatic rings. The molecule has 1 aliphatic heterocycles. The molecule has 2 N–H and O–H groups in total. The summed E-state index contributed by atoms with van der Waals surface area (Å²) in [4.78, 5) is 38.8. The molecule has 1 atom stereocenters. The molecule has 7 heteroatoms. The minimum Gasteiger partial charge on any atom is -0.478 e. The third-order valence-electron chi connectivity index (χ3n) is 5.01. The summed E-state index contributed by atoms with van der Waals surface area (Å²) in [6.07, 6.45) is 3.71. The van der Waals surface area contributed by atoms with Gasteiger partial charge in [0, 0.05) is 29.2 Å². The molecule has 2 fully saturated rings. The SMILES string of the molecule is O=C(O)c1cccc2sc(C(=O)N3CCCC(C(=O)NC4CC4)C3)cc12. The van der Waals surface area contributed by atoms with Gasteiger partial charge in [-0.05, 0) is 43.9 Å². The Labute approximate surface area is 154 Å². The second kappa shape index (κ2) is 6.72. The highest BCUT2D eigenvalue weighted by molar-refractivity contribution is 7.20. The number of hydrogen-bond donors (Lipinski definition) is 2. The first-order valence-electron chi connectivity index (χ1n) is 8.88. The zero-order valence-electron chi connectivity index (χ0n) is 14.2. The molecular formula is C19H20N2O4S. The third-order valence-corrected chi connectivity index (χ3v) is 6.09. The summed E-state index contributed by atoms with van der Waals surface area (Å²) in [7, 11) is 0. The number of aromatic carboxylic acids is 1. The molecule has 0 radical (unpaired) electrons. The quantitative estimate of drug-likeness (QED) is 0.864. The molecule has 1 saturated carbocycles. The van der Waals surface area contributed by atoms with E-state index in [-0.39, 0.29) is 23.3 Å². The van der Waals surface area contributed by atoms with Crippen LogP contribution in [0.25, 0.3) is 10.1 Å². The van der Waals surface area contributed by atoms with E-state index in [9.17, 15) is 19.5 Å². The Kier molecular flexibility index (Phi) is 4.40. The Bertz CT molecular complexity index is 887. The molecule has 2 aliphatic rings. The fourth-order valence-electron chi connectivity index (χ4n) is 3.43. The Balaban J connectivity index is 1.53. The van der Waals surface area contributed by atoms with Crippen molar-refractivity contribution < 1.29 is 19.5 Å². The number of carboxylic acid groups (broad SMARTS) is 1. The van der Waals surface area contributed by atoms with Gasteiger partial charge in [0.2, 0.25) is 5.91 Å². The number of piperidine rings is 1. The van der Waals surface area contributed by atoms with Crippen LogP contribution in [0.4, 0.5) is 0 Å². The van der Waals surface area contributed by atoms with E-state index < -0.39 is 5.97 Å². The molecule has 2 amide bonds. The average Bonchev–Trinajstić information content (AvgIpc) is 3.34. The largest absolute Gasteiger partial charge is 0.478 e. The minimum atomic E-state index is -0.998. The Morgan fingerprint density at radius 1 is 1.19 bits per heavy atom. The van der Waals surface area contributed by atoms with Gasteiger partial charge in [-0.25, -0.2) is 4.79 Å². The number of thiophene rings is 1. The summed E-state index contributed by atoms with van der Waals surface area (Å²) < 4.78 is 0.785. The fraction of sp³-hybridized carbons (Fsp3) is 0.421. The summed E-state index contributed by atoms with van der Waals surface area (Å²) in [6.45, 7) is 1.06. The molecular weight excluding hydrogens is 352 g/mol. The van der Waals surface area contributed by atoms with Crippen LogP contribution in [0.5, 0.6) is 0 Å². The Hall–Kier alpha value is -2.41. The summed E-state index contributed by atoms with van der Waals surface area (Å²) in [5.74, 6) is -1.22. The van der Waals surface area contributed by atoms with Crippen LogP contribution in [0.1, 0.15) is 45.7 Å². The molecule has 0 bridgehead atoms. The van der Waals surface area contributed by atoms with Gasteiger partial charge in [0.25, 0.3) is 5.91 Å². The van der Waals surface area contributed by atoms with Crippen LogP contribution in [0.15, 0.2) is 24.3 Å². The number of rotatable bonds is 4. The van der Waals surface area contributed by atoms with Crippen LogP contribution < -0.4 is 5.32 Å². The third kappa shape index (κ3) is 3.31. The van der Waals surface area contributed by atoms with Crippen LogP contribution >= 0.6 is 11.3 Å². The van der Waals surface area contributed by atoms with Crippen molar-refractivity contribution in [3.63, 3.8) is 0 Å². The second-order valence-corrected chi connectivity index (χ2v) is 8.09. The molecule has 4 rings (SSSR count). The van der Waals surface area contributed by atoms with Gasteiger partial charge in [0.1, 0.15) is 0 Å². The number of carboxylic acids is 1. The standard InChI is InChI=1S/C19H20N2O4S/c22-17(20-12-6-7-12)11-3-2-8-21(10-11)18(23)16-9-14-13(19(24)25)4-1-5-15(14)26-16/h1,4-5,9,11-12H,2-3,6-8,10H2,(H,20,22)(H,24,25). The molecule has 6 nitrogen and oxygen atoms in total. The maximum Gasteiger partial charge on any atom is 0.336 e. The van der Waals surface area contributed by atoms with E-state index >= 15 is 0 Å². The van der Waals surface area contributed by atoms with Crippen molar-refractivity contribution >= 4 is 39.2 Å². The van der Waals surface area contributed by atoms with Gasteiger partial charge in [-0.1, -0.05) is 6.07 Å². The lowest BCUT2D eigenvalue weighted by Crippen LogP contribution is -2.45. The first-order valence-corrected chi connectivity index (χ1v) is 9.70. The van der Waals surface area contributed by atoms with Gasteiger partial charge in [-0.15, -0.1) is 11.3 Å². The van der Waals surface area contributed by atoms with Crippen LogP contribution in [0.2, 0.25) is 0 Å². The van der Waals surface area contributed by atoms with Gasteiger partial charge in [-0.3, -0.25) is 9.59 Å². The predicted molar refractivity (Wildman–Crippen MR) is 98.6 cm³/mol. The first-order chi connectivity index (χ1) is 12.5. The average molecular weight is 372 g/mol. The lowest BCUT2D eigenvalue weighted by molar-refractivity contribution is -0.126. The van der Waals surface area contributed by atoms with Crippen molar-refractivity contribution in [2.45, 2.75) is 31.7 Å². The Morgan fingerprint density at radius 3 is 2.73 bits per heavy atom. The number of fused-ring (bicyclic) bond motifs is 1. The normalized spacial score (nSPS) is 20.2. The van der Waals surface area contributed by atoms with E-state index in [0.29, 0.717) is 29.4 Å². The molecule has 1 unspecified atom stereocenters. The molecule has 1 aromatic carbocycles. The van der Waals surface area contributed by atoms with Gasteiger partial charge in [0.15, 0.2) is 0 Å². The van der Waals surface area contributed by atoms with Gasteiger partial charge in [0.05, 0.1) is 16.4 Å². The molecule has 1 aliphatic carbocycles. The van der Waals surface area contributed by atoms with Gasteiger partial charge >= 0.3 is 5.97 Å². The van der Waals surface area contributed by atoms with E-state index in [1.165, 1.54) is 11.3 Å². The maximum atomic E-state index is 12.9. The molecule has 26 heavy (non-hydrogen) atoms. The van der Waals surface area contributed by atoms with Crippen LogP contribution in [-0.4, -0.2) is 46.9 Å². The number of carbonyl (C=O) groups is 3. The first kappa shape index (κ1) is 17.0. The van der Waals surface area contributed by atoms with Gasteiger partial charge in [-0.2, -0.15) is 0 Å². The van der Waals surface area contributed by atoms with E-state index in [2.05, 4.69) is 5.32 Å². The number of benzene rings is 1.